The fourth-order valence-electron chi connectivity index (χ4n) is 3.46. The summed E-state index contributed by atoms with van der Waals surface area (Å²) in [5, 5.41) is 4.71. The van der Waals surface area contributed by atoms with E-state index in [0.29, 0.717) is 6.04 Å². The van der Waals surface area contributed by atoms with Crippen LogP contribution in [0.5, 0.6) is 0 Å². The van der Waals surface area contributed by atoms with Crippen molar-refractivity contribution in [3.05, 3.63) is 17.5 Å². The van der Waals surface area contributed by atoms with Crippen LogP contribution in [-0.4, -0.2) is 33.7 Å². The highest BCUT2D eigenvalue weighted by Gasteiger charge is 2.27. The molecule has 0 N–H and O–H groups in total. The predicted molar refractivity (Wildman–Crippen MR) is 78.9 cm³/mol. The molecule has 2 fully saturated rings. The molecular formula is C16H25N3O. The number of carbonyl (C=O) groups excluding carboxylic acids is 1. The fraction of sp³-hybridized carbons (Fsp3) is 0.750. The van der Waals surface area contributed by atoms with Crippen molar-refractivity contribution in [3.63, 3.8) is 0 Å². The molecule has 2 heterocycles. The van der Waals surface area contributed by atoms with Gasteiger partial charge >= 0.3 is 0 Å². The van der Waals surface area contributed by atoms with Crippen LogP contribution in [0.1, 0.15) is 74.1 Å². The molecule has 110 valence electrons. The second kappa shape index (κ2) is 5.98. The van der Waals surface area contributed by atoms with Gasteiger partial charge in [0.15, 0.2) is 0 Å². The van der Waals surface area contributed by atoms with Gasteiger partial charge in [-0.25, -0.2) is 0 Å². The minimum Gasteiger partial charge on any atom is -0.337 e. The third-order valence-corrected chi connectivity index (χ3v) is 4.68. The maximum Gasteiger partial charge on any atom is 0.272 e. The Labute approximate surface area is 121 Å². The van der Waals surface area contributed by atoms with E-state index in [1.165, 1.54) is 32.1 Å². The van der Waals surface area contributed by atoms with E-state index in [9.17, 15) is 4.79 Å². The number of likely N-dealkylation sites (tertiary alicyclic amines) is 1. The Morgan fingerprint density at radius 1 is 1.20 bits per heavy atom. The zero-order chi connectivity index (χ0) is 13.9. The highest BCUT2D eigenvalue weighted by Crippen LogP contribution is 2.29. The van der Waals surface area contributed by atoms with E-state index >= 15 is 0 Å². The summed E-state index contributed by atoms with van der Waals surface area (Å²) < 4.78 is 2.05. The van der Waals surface area contributed by atoms with Crippen LogP contribution in [0.4, 0.5) is 0 Å². The van der Waals surface area contributed by atoms with Gasteiger partial charge in [0.1, 0.15) is 5.69 Å². The zero-order valence-electron chi connectivity index (χ0n) is 12.5. The van der Waals surface area contributed by atoms with Crippen molar-refractivity contribution >= 4 is 5.91 Å². The van der Waals surface area contributed by atoms with Gasteiger partial charge in [-0.2, -0.15) is 5.10 Å². The number of amides is 1. The van der Waals surface area contributed by atoms with Gasteiger partial charge in [-0.3, -0.25) is 9.48 Å². The first-order valence-electron chi connectivity index (χ1n) is 8.17. The Kier molecular flexibility index (Phi) is 4.08. The fourth-order valence-corrected chi connectivity index (χ4v) is 3.46. The van der Waals surface area contributed by atoms with Crippen molar-refractivity contribution in [1.82, 2.24) is 14.7 Å². The van der Waals surface area contributed by atoms with E-state index in [4.69, 9.17) is 5.10 Å². The first-order chi connectivity index (χ1) is 9.79. The largest absolute Gasteiger partial charge is 0.337 e. The number of rotatable bonds is 3. The number of aromatic nitrogens is 2. The monoisotopic (exact) mass is 275 g/mol. The summed E-state index contributed by atoms with van der Waals surface area (Å²) >= 11 is 0. The highest BCUT2D eigenvalue weighted by molar-refractivity contribution is 5.93. The quantitative estimate of drug-likeness (QED) is 0.849. The Morgan fingerprint density at radius 2 is 1.90 bits per heavy atom. The molecule has 1 saturated heterocycles. The Hall–Kier alpha value is -1.32. The van der Waals surface area contributed by atoms with Crippen molar-refractivity contribution in [3.8, 4) is 0 Å². The van der Waals surface area contributed by atoms with Gasteiger partial charge in [0.25, 0.3) is 5.91 Å². The average molecular weight is 275 g/mol. The maximum atomic E-state index is 12.7. The first-order valence-corrected chi connectivity index (χ1v) is 8.17. The summed E-state index contributed by atoms with van der Waals surface area (Å²) in [6, 6.07) is 2.46. The van der Waals surface area contributed by atoms with Crippen LogP contribution in [-0.2, 0) is 6.42 Å². The van der Waals surface area contributed by atoms with Crippen LogP contribution < -0.4 is 0 Å². The van der Waals surface area contributed by atoms with Crippen molar-refractivity contribution in [2.45, 2.75) is 64.3 Å². The molecule has 1 amide bonds. The van der Waals surface area contributed by atoms with Crippen LogP contribution in [0.3, 0.4) is 0 Å². The van der Waals surface area contributed by atoms with E-state index < -0.39 is 0 Å². The van der Waals surface area contributed by atoms with Gasteiger partial charge in [-0.15, -0.1) is 0 Å². The van der Waals surface area contributed by atoms with Crippen LogP contribution in [0, 0.1) is 0 Å². The molecule has 1 aromatic heterocycles. The third kappa shape index (κ3) is 2.60. The summed E-state index contributed by atoms with van der Waals surface area (Å²) in [7, 11) is 0. The lowest BCUT2D eigenvalue weighted by Gasteiger charge is -2.25. The normalized spacial score (nSPS) is 20.6. The van der Waals surface area contributed by atoms with Crippen molar-refractivity contribution in [2.75, 3.05) is 13.1 Å². The van der Waals surface area contributed by atoms with Gasteiger partial charge in [0.05, 0.1) is 11.7 Å². The SMILES string of the molecule is CCc1cc(C(=O)N2CCCC2)n(C2CCCCC2)n1. The zero-order valence-corrected chi connectivity index (χ0v) is 12.5. The standard InChI is InChI=1S/C16H25N3O/c1-2-13-12-15(16(20)18-10-6-7-11-18)19(17-13)14-8-4-3-5-9-14/h12,14H,2-11H2,1H3. The second-order valence-corrected chi connectivity index (χ2v) is 6.11. The van der Waals surface area contributed by atoms with E-state index in [2.05, 4.69) is 11.6 Å². The van der Waals surface area contributed by atoms with Gasteiger partial charge in [0.2, 0.25) is 0 Å². The van der Waals surface area contributed by atoms with Crippen LogP contribution in [0.25, 0.3) is 0 Å². The summed E-state index contributed by atoms with van der Waals surface area (Å²) in [4.78, 5) is 14.7. The molecule has 4 heteroatoms. The van der Waals surface area contributed by atoms with Crippen molar-refractivity contribution in [1.29, 1.82) is 0 Å². The van der Waals surface area contributed by atoms with E-state index in [1.54, 1.807) is 0 Å². The number of carbonyl (C=O) groups is 1. The maximum absolute atomic E-state index is 12.7. The molecule has 0 bridgehead atoms. The minimum absolute atomic E-state index is 0.195. The smallest absolute Gasteiger partial charge is 0.272 e. The van der Waals surface area contributed by atoms with Gasteiger partial charge in [-0.05, 0) is 38.2 Å². The molecule has 0 atom stereocenters. The van der Waals surface area contributed by atoms with Gasteiger partial charge in [-0.1, -0.05) is 26.2 Å². The molecule has 2 aliphatic rings. The van der Waals surface area contributed by atoms with Crippen molar-refractivity contribution < 1.29 is 4.79 Å². The molecule has 3 rings (SSSR count). The minimum atomic E-state index is 0.195. The molecule has 4 nitrogen and oxygen atoms in total. The number of aryl methyl sites for hydroxylation is 1. The highest BCUT2D eigenvalue weighted by atomic mass is 16.2. The third-order valence-electron chi connectivity index (χ3n) is 4.68. The van der Waals surface area contributed by atoms with Crippen LogP contribution >= 0.6 is 0 Å². The Bertz CT molecular complexity index is 468. The van der Waals surface area contributed by atoms with E-state index in [-0.39, 0.29) is 5.91 Å². The van der Waals surface area contributed by atoms with E-state index in [1.807, 2.05) is 11.0 Å². The average Bonchev–Trinajstić information content (AvgIpc) is 3.17. The molecule has 1 aliphatic heterocycles. The summed E-state index contributed by atoms with van der Waals surface area (Å²) in [5.41, 5.74) is 1.88. The first kappa shape index (κ1) is 13.7. The second-order valence-electron chi connectivity index (χ2n) is 6.11. The molecular weight excluding hydrogens is 250 g/mol. The topological polar surface area (TPSA) is 38.1 Å². The Morgan fingerprint density at radius 3 is 2.55 bits per heavy atom. The van der Waals surface area contributed by atoms with Crippen molar-refractivity contribution in [2.24, 2.45) is 0 Å². The molecule has 1 aliphatic carbocycles. The molecule has 1 aromatic rings. The van der Waals surface area contributed by atoms with Gasteiger partial charge < -0.3 is 4.90 Å². The summed E-state index contributed by atoms with van der Waals surface area (Å²) in [6.45, 7) is 3.93. The predicted octanol–water partition coefficient (Wildman–Crippen LogP) is 3.19. The molecule has 1 saturated carbocycles. The molecule has 20 heavy (non-hydrogen) atoms. The van der Waals surface area contributed by atoms with Crippen LogP contribution in [0.15, 0.2) is 6.07 Å². The number of nitrogens with zero attached hydrogens (tertiary/aromatic N) is 3. The molecule has 0 aromatic carbocycles. The number of hydrogen-bond donors (Lipinski definition) is 0. The van der Waals surface area contributed by atoms with Crippen LogP contribution in [0.2, 0.25) is 0 Å². The number of hydrogen-bond acceptors (Lipinski definition) is 2. The lowest BCUT2D eigenvalue weighted by molar-refractivity contribution is 0.0775. The van der Waals surface area contributed by atoms with Gasteiger partial charge in [0, 0.05) is 13.1 Å². The summed E-state index contributed by atoms with van der Waals surface area (Å²) in [5.74, 6) is 0.195. The molecule has 0 radical (unpaired) electrons. The van der Waals surface area contributed by atoms with E-state index in [0.717, 1.165) is 43.7 Å². The lowest BCUT2D eigenvalue weighted by atomic mass is 9.95. The summed E-state index contributed by atoms with van der Waals surface area (Å²) in [6.07, 6.45) is 9.39. The molecule has 0 spiro atoms. The molecule has 0 unspecified atom stereocenters. The lowest BCUT2D eigenvalue weighted by Crippen LogP contribution is -2.31. The Balaban J connectivity index is 1.87.